The molecule has 138 valence electrons. The number of ether oxygens (including phenoxy) is 1. The molecule has 0 saturated heterocycles. The number of hydrogen-bond donors (Lipinski definition) is 1. The Bertz CT molecular complexity index is 841. The van der Waals surface area contributed by atoms with Crippen molar-refractivity contribution in [3.63, 3.8) is 0 Å². The number of anilines is 1. The molecule has 6 nitrogen and oxygen atoms in total. The normalized spacial score (nSPS) is 11.2. The average Bonchev–Trinajstić information content (AvgIpc) is 2.85. The quantitative estimate of drug-likeness (QED) is 0.613. The number of hydrogen-bond acceptors (Lipinski definition) is 4. The van der Waals surface area contributed by atoms with Crippen LogP contribution < -0.4 is 5.32 Å². The Morgan fingerprint density at radius 2 is 2.12 bits per heavy atom. The number of amides is 1. The van der Waals surface area contributed by atoms with Crippen molar-refractivity contribution in [2.75, 3.05) is 12.4 Å². The van der Waals surface area contributed by atoms with E-state index in [0.29, 0.717) is 34.4 Å². The number of rotatable bonds is 6. The van der Waals surface area contributed by atoms with Crippen LogP contribution in [0.5, 0.6) is 0 Å². The van der Waals surface area contributed by atoms with Crippen molar-refractivity contribution in [3.05, 3.63) is 52.3 Å². The SMILES string of the molecule is COC(=O)c1cccc(NC(=O)/C=C/c2c(C)nn(CC(C)C)c2Cl)c1. The Hall–Kier alpha value is -2.60. The Morgan fingerprint density at radius 3 is 2.77 bits per heavy atom. The molecular weight excluding hydrogens is 354 g/mol. The van der Waals surface area contributed by atoms with E-state index in [2.05, 4.69) is 29.0 Å². The van der Waals surface area contributed by atoms with Gasteiger partial charge in [-0.05, 0) is 37.1 Å². The summed E-state index contributed by atoms with van der Waals surface area (Å²) in [4.78, 5) is 23.7. The van der Waals surface area contributed by atoms with Crippen LogP contribution in [0.4, 0.5) is 5.69 Å². The standard InChI is InChI=1S/C19H22ClN3O3/c1-12(2)11-23-18(20)16(13(3)22-23)8-9-17(24)21-15-7-5-6-14(10-15)19(25)26-4/h5-10,12H,11H2,1-4H3,(H,21,24)/b9-8+. The molecule has 7 heteroatoms. The average molecular weight is 376 g/mol. The summed E-state index contributed by atoms with van der Waals surface area (Å²) in [6.07, 6.45) is 3.03. The van der Waals surface area contributed by atoms with E-state index in [1.165, 1.54) is 13.2 Å². The maximum absolute atomic E-state index is 12.2. The number of methoxy groups -OCH3 is 1. The molecule has 2 rings (SSSR count). The van der Waals surface area contributed by atoms with Gasteiger partial charge in [0.25, 0.3) is 0 Å². The Labute approximate surface area is 157 Å². The third-order valence-electron chi connectivity index (χ3n) is 3.60. The van der Waals surface area contributed by atoms with Crippen LogP contribution in [-0.4, -0.2) is 28.8 Å². The predicted octanol–water partition coefficient (Wildman–Crippen LogP) is 3.94. The largest absolute Gasteiger partial charge is 0.465 e. The van der Waals surface area contributed by atoms with Crippen LogP contribution in [0.15, 0.2) is 30.3 Å². The van der Waals surface area contributed by atoms with Gasteiger partial charge < -0.3 is 10.1 Å². The fourth-order valence-corrected chi connectivity index (χ4v) is 2.71. The van der Waals surface area contributed by atoms with E-state index < -0.39 is 5.97 Å². The molecule has 0 saturated carbocycles. The topological polar surface area (TPSA) is 73.2 Å². The van der Waals surface area contributed by atoms with Gasteiger partial charge in [0.15, 0.2) is 0 Å². The number of nitrogens with zero attached hydrogens (tertiary/aromatic N) is 2. The summed E-state index contributed by atoms with van der Waals surface area (Å²) < 4.78 is 6.40. The number of carbonyl (C=O) groups is 2. The fraction of sp³-hybridized carbons (Fsp3) is 0.316. The lowest BCUT2D eigenvalue weighted by atomic mass is 10.2. The van der Waals surface area contributed by atoms with Crippen LogP contribution in [0.25, 0.3) is 6.08 Å². The lowest BCUT2D eigenvalue weighted by Gasteiger charge is -2.05. The Kier molecular flexibility index (Phi) is 6.58. The fourth-order valence-electron chi connectivity index (χ4n) is 2.41. The first-order valence-corrected chi connectivity index (χ1v) is 8.60. The van der Waals surface area contributed by atoms with Crippen molar-refractivity contribution in [2.45, 2.75) is 27.3 Å². The van der Waals surface area contributed by atoms with E-state index in [4.69, 9.17) is 11.6 Å². The monoisotopic (exact) mass is 375 g/mol. The van der Waals surface area contributed by atoms with Gasteiger partial charge in [-0.2, -0.15) is 5.10 Å². The van der Waals surface area contributed by atoms with Crippen molar-refractivity contribution >= 4 is 35.2 Å². The highest BCUT2D eigenvalue weighted by Gasteiger charge is 2.12. The first kappa shape index (κ1) is 19.7. The Balaban J connectivity index is 2.11. The molecule has 0 bridgehead atoms. The van der Waals surface area contributed by atoms with Crippen molar-refractivity contribution in [2.24, 2.45) is 5.92 Å². The van der Waals surface area contributed by atoms with Crippen LogP contribution in [0, 0.1) is 12.8 Å². The summed E-state index contributed by atoms with van der Waals surface area (Å²) >= 11 is 6.36. The van der Waals surface area contributed by atoms with Crippen molar-refractivity contribution in [1.82, 2.24) is 9.78 Å². The molecular formula is C19H22ClN3O3. The molecule has 0 spiro atoms. The minimum atomic E-state index is -0.461. The number of aryl methyl sites for hydroxylation is 1. The molecule has 0 aliphatic heterocycles. The van der Waals surface area contributed by atoms with Gasteiger partial charge in [-0.15, -0.1) is 0 Å². The summed E-state index contributed by atoms with van der Waals surface area (Å²) in [6.45, 7) is 6.72. The van der Waals surface area contributed by atoms with E-state index in [0.717, 1.165) is 5.69 Å². The number of benzene rings is 1. The highest BCUT2D eigenvalue weighted by molar-refractivity contribution is 6.31. The first-order valence-electron chi connectivity index (χ1n) is 8.22. The highest BCUT2D eigenvalue weighted by Crippen LogP contribution is 2.22. The second kappa shape index (κ2) is 8.67. The zero-order valence-electron chi connectivity index (χ0n) is 15.2. The molecule has 26 heavy (non-hydrogen) atoms. The molecule has 1 amide bonds. The van der Waals surface area contributed by atoms with Crippen molar-refractivity contribution < 1.29 is 14.3 Å². The molecule has 0 fully saturated rings. The third kappa shape index (κ3) is 4.95. The number of esters is 1. The maximum Gasteiger partial charge on any atom is 0.337 e. The van der Waals surface area contributed by atoms with Gasteiger partial charge in [0.2, 0.25) is 5.91 Å². The summed E-state index contributed by atoms with van der Waals surface area (Å²) in [6, 6.07) is 6.53. The number of aromatic nitrogens is 2. The van der Waals surface area contributed by atoms with E-state index in [-0.39, 0.29) is 5.91 Å². The lowest BCUT2D eigenvalue weighted by Crippen LogP contribution is -2.09. The first-order chi connectivity index (χ1) is 12.3. The Morgan fingerprint density at radius 1 is 1.38 bits per heavy atom. The van der Waals surface area contributed by atoms with Gasteiger partial charge in [0.05, 0.1) is 18.4 Å². The molecule has 2 aromatic rings. The minimum Gasteiger partial charge on any atom is -0.465 e. The van der Waals surface area contributed by atoms with Crippen LogP contribution >= 0.6 is 11.6 Å². The van der Waals surface area contributed by atoms with Crippen LogP contribution in [0.2, 0.25) is 5.15 Å². The van der Waals surface area contributed by atoms with Crippen molar-refractivity contribution in [3.8, 4) is 0 Å². The molecule has 1 aromatic carbocycles. The highest BCUT2D eigenvalue weighted by atomic mass is 35.5. The zero-order chi connectivity index (χ0) is 19.3. The lowest BCUT2D eigenvalue weighted by molar-refractivity contribution is -0.111. The molecule has 0 unspecified atom stereocenters. The molecule has 1 aromatic heterocycles. The summed E-state index contributed by atoms with van der Waals surface area (Å²) in [5, 5.41) is 7.62. The summed E-state index contributed by atoms with van der Waals surface area (Å²) in [5.41, 5.74) is 2.34. The van der Waals surface area contributed by atoms with Crippen molar-refractivity contribution in [1.29, 1.82) is 0 Å². The molecule has 1 N–H and O–H groups in total. The van der Waals surface area contributed by atoms with Gasteiger partial charge in [-0.25, -0.2) is 4.79 Å². The minimum absolute atomic E-state index is 0.334. The van der Waals surface area contributed by atoms with E-state index in [9.17, 15) is 9.59 Å². The van der Waals surface area contributed by atoms with Gasteiger partial charge in [-0.1, -0.05) is 31.5 Å². The second-order valence-corrected chi connectivity index (χ2v) is 6.62. The van der Waals surface area contributed by atoms with E-state index >= 15 is 0 Å². The van der Waals surface area contributed by atoms with E-state index in [1.54, 1.807) is 35.0 Å². The molecule has 0 aliphatic carbocycles. The number of nitrogens with one attached hydrogen (secondary N) is 1. The molecule has 0 aliphatic rings. The van der Waals surface area contributed by atoms with Crippen LogP contribution in [-0.2, 0) is 16.1 Å². The molecule has 0 atom stereocenters. The smallest absolute Gasteiger partial charge is 0.337 e. The predicted molar refractivity (Wildman–Crippen MR) is 102 cm³/mol. The number of halogens is 1. The van der Waals surface area contributed by atoms with Gasteiger partial charge >= 0.3 is 5.97 Å². The van der Waals surface area contributed by atoms with Gasteiger partial charge in [0, 0.05) is 23.9 Å². The molecule has 1 heterocycles. The summed E-state index contributed by atoms with van der Waals surface area (Å²) in [5.74, 6) is -0.385. The van der Waals surface area contributed by atoms with Gasteiger partial charge in [-0.3, -0.25) is 9.48 Å². The third-order valence-corrected chi connectivity index (χ3v) is 4.00. The van der Waals surface area contributed by atoms with E-state index in [1.807, 2.05) is 6.92 Å². The van der Waals surface area contributed by atoms with Crippen LogP contribution in [0.3, 0.4) is 0 Å². The molecule has 0 radical (unpaired) electrons. The van der Waals surface area contributed by atoms with Gasteiger partial charge in [0.1, 0.15) is 5.15 Å². The number of carbonyl (C=O) groups excluding carboxylic acids is 2. The summed E-state index contributed by atoms with van der Waals surface area (Å²) in [7, 11) is 1.31. The van der Waals surface area contributed by atoms with Crippen LogP contribution in [0.1, 0.15) is 35.5 Å². The maximum atomic E-state index is 12.2. The second-order valence-electron chi connectivity index (χ2n) is 6.26. The zero-order valence-corrected chi connectivity index (χ0v) is 16.0.